The highest BCUT2D eigenvalue weighted by Gasteiger charge is 2.21. The minimum absolute atomic E-state index is 0.161. The van der Waals surface area contributed by atoms with E-state index < -0.39 is 10.0 Å². The molecule has 0 saturated carbocycles. The van der Waals surface area contributed by atoms with Gasteiger partial charge in [0.2, 0.25) is 10.0 Å². The molecule has 4 nitrogen and oxygen atoms in total. The molecule has 0 aliphatic rings. The van der Waals surface area contributed by atoms with Gasteiger partial charge in [0.05, 0.1) is 3.79 Å². The highest BCUT2D eigenvalue weighted by Crippen LogP contribution is 2.26. The smallest absolute Gasteiger partial charge is 0.250 e. The van der Waals surface area contributed by atoms with Gasteiger partial charge in [-0.25, -0.2) is 17.5 Å². The molecule has 22 heavy (non-hydrogen) atoms. The molecule has 0 fully saturated rings. The average Bonchev–Trinajstić information content (AvgIpc) is 2.86. The lowest BCUT2D eigenvalue weighted by molar-refractivity contribution is 0.299. The molecule has 120 valence electrons. The number of rotatable bonds is 6. The average molecular weight is 407 g/mol. The maximum absolute atomic E-state index is 13.4. The number of hydrogen-bond donors (Lipinski definition) is 1. The Morgan fingerprint density at radius 3 is 2.59 bits per heavy atom. The first kappa shape index (κ1) is 17.6. The Hall–Kier alpha value is -0.800. The molecule has 8 heteroatoms. The molecule has 1 aromatic heterocycles. The molecule has 0 amide bonds. The van der Waals surface area contributed by atoms with Crippen LogP contribution in [0.25, 0.3) is 0 Å². The molecular formula is C14H16BrFN2O2S2. The van der Waals surface area contributed by atoms with Gasteiger partial charge >= 0.3 is 0 Å². The fourth-order valence-corrected chi connectivity index (χ4v) is 5.11. The lowest BCUT2D eigenvalue weighted by Gasteiger charge is -2.25. The van der Waals surface area contributed by atoms with Crippen LogP contribution in [0.5, 0.6) is 0 Å². The minimum atomic E-state index is -3.57. The van der Waals surface area contributed by atoms with Crippen molar-refractivity contribution >= 4 is 37.3 Å². The van der Waals surface area contributed by atoms with Crippen LogP contribution in [0.15, 0.2) is 44.4 Å². The molecule has 0 bridgehead atoms. The lowest BCUT2D eigenvalue weighted by atomic mass is 10.1. The Morgan fingerprint density at radius 2 is 2.05 bits per heavy atom. The monoisotopic (exact) mass is 406 g/mol. The fraction of sp³-hybridized carbons (Fsp3) is 0.286. The van der Waals surface area contributed by atoms with Gasteiger partial charge < -0.3 is 4.90 Å². The van der Waals surface area contributed by atoms with Gasteiger partial charge in [-0.15, -0.1) is 11.3 Å². The van der Waals surface area contributed by atoms with Gasteiger partial charge in [0.1, 0.15) is 10.0 Å². The summed E-state index contributed by atoms with van der Waals surface area (Å²) in [6.07, 6.45) is 0. The van der Waals surface area contributed by atoms with Gasteiger partial charge in [-0.2, -0.15) is 0 Å². The summed E-state index contributed by atoms with van der Waals surface area (Å²) in [5, 5.41) is 0. The molecule has 0 saturated heterocycles. The SMILES string of the molecule is CN(C)C(CNS(=O)(=O)c1ccc(Br)s1)c1cccc(F)c1. The lowest BCUT2D eigenvalue weighted by Crippen LogP contribution is -2.34. The van der Waals surface area contributed by atoms with Gasteiger partial charge in [0.25, 0.3) is 0 Å². The van der Waals surface area contributed by atoms with E-state index in [1.165, 1.54) is 12.1 Å². The molecule has 1 aromatic carbocycles. The van der Waals surface area contributed by atoms with E-state index in [2.05, 4.69) is 20.7 Å². The van der Waals surface area contributed by atoms with Crippen LogP contribution >= 0.6 is 27.3 Å². The molecule has 1 heterocycles. The Labute approximate surface area is 142 Å². The van der Waals surface area contributed by atoms with Crippen LogP contribution in [0.3, 0.4) is 0 Å². The summed E-state index contributed by atoms with van der Waals surface area (Å²) in [6.45, 7) is 0.161. The van der Waals surface area contributed by atoms with Crippen LogP contribution in [0.2, 0.25) is 0 Å². The van der Waals surface area contributed by atoms with Crippen molar-refractivity contribution in [2.24, 2.45) is 0 Å². The van der Waals surface area contributed by atoms with Gasteiger partial charge in [-0.05, 0) is 59.9 Å². The number of halogens is 2. The van der Waals surface area contributed by atoms with Gasteiger partial charge in [-0.1, -0.05) is 12.1 Å². The second-order valence-corrected chi connectivity index (χ2v) is 9.40. The summed E-state index contributed by atoms with van der Waals surface area (Å²) in [7, 11) is 0.0819. The summed E-state index contributed by atoms with van der Waals surface area (Å²) in [5.74, 6) is -0.339. The van der Waals surface area contributed by atoms with Crippen molar-refractivity contribution in [2.45, 2.75) is 10.3 Å². The third-order valence-corrected chi connectivity index (χ3v) is 6.68. The van der Waals surface area contributed by atoms with Gasteiger partial charge in [-0.3, -0.25) is 0 Å². The van der Waals surface area contributed by atoms with Crippen molar-refractivity contribution < 1.29 is 12.8 Å². The normalized spacial score (nSPS) is 13.5. The molecule has 0 aliphatic carbocycles. The third-order valence-electron chi connectivity index (χ3n) is 3.14. The van der Waals surface area contributed by atoms with Crippen LogP contribution < -0.4 is 4.72 Å². The topological polar surface area (TPSA) is 49.4 Å². The standard InChI is InChI=1S/C14H16BrFN2O2S2/c1-18(2)12(10-4-3-5-11(16)8-10)9-17-22(19,20)14-7-6-13(15)21-14/h3-8,12,17H,9H2,1-2H3. The predicted octanol–water partition coefficient (Wildman–Crippen LogP) is 3.23. The molecule has 1 N–H and O–H groups in total. The molecular weight excluding hydrogens is 391 g/mol. The molecule has 1 atom stereocenters. The quantitative estimate of drug-likeness (QED) is 0.800. The highest BCUT2D eigenvalue weighted by molar-refractivity contribution is 9.11. The number of likely N-dealkylation sites (N-methyl/N-ethyl adjacent to an activating group) is 1. The largest absolute Gasteiger partial charge is 0.301 e. The van der Waals surface area contributed by atoms with Crippen molar-refractivity contribution in [1.82, 2.24) is 9.62 Å². The first-order valence-corrected chi connectivity index (χ1v) is 9.56. The number of nitrogens with zero attached hydrogens (tertiary/aromatic N) is 1. The zero-order chi connectivity index (χ0) is 16.3. The van der Waals surface area contributed by atoms with Crippen molar-refractivity contribution in [3.8, 4) is 0 Å². The van der Waals surface area contributed by atoms with Crippen molar-refractivity contribution in [1.29, 1.82) is 0 Å². The second-order valence-electron chi connectivity index (χ2n) is 4.94. The Morgan fingerprint density at radius 1 is 1.32 bits per heavy atom. The van der Waals surface area contributed by atoms with Crippen molar-refractivity contribution in [2.75, 3.05) is 20.6 Å². The maximum atomic E-state index is 13.4. The molecule has 2 aromatic rings. The first-order valence-electron chi connectivity index (χ1n) is 6.46. The zero-order valence-electron chi connectivity index (χ0n) is 12.1. The van der Waals surface area contributed by atoms with Crippen LogP contribution in [0.1, 0.15) is 11.6 Å². The van der Waals surface area contributed by atoms with E-state index in [4.69, 9.17) is 0 Å². The molecule has 0 aliphatic heterocycles. The summed E-state index contributed by atoms with van der Waals surface area (Å²) >= 11 is 4.39. The number of nitrogens with one attached hydrogen (secondary N) is 1. The van der Waals surface area contributed by atoms with E-state index in [0.717, 1.165) is 20.7 Å². The molecule has 2 rings (SSSR count). The Balaban J connectivity index is 2.16. The maximum Gasteiger partial charge on any atom is 0.250 e. The van der Waals surface area contributed by atoms with E-state index in [1.54, 1.807) is 24.3 Å². The van der Waals surface area contributed by atoms with Crippen molar-refractivity contribution in [3.63, 3.8) is 0 Å². The van der Waals surface area contributed by atoms with Crippen LogP contribution in [-0.2, 0) is 10.0 Å². The third kappa shape index (κ3) is 4.36. The summed E-state index contributed by atoms with van der Waals surface area (Å²) in [6, 6.07) is 9.16. The second kappa shape index (κ2) is 7.18. The fourth-order valence-electron chi connectivity index (χ4n) is 2.01. The minimum Gasteiger partial charge on any atom is -0.301 e. The van der Waals surface area contributed by atoms with E-state index >= 15 is 0 Å². The predicted molar refractivity (Wildman–Crippen MR) is 90.0 cm³/mol. The Bertz CT molecular complexity index is 747. The number of thiophene rings is 1. The number of benzene rings is 1. The van der Waals surface area contributed by atoms with Crippen LogP contribution in [-0.4, -0.2) is 34.0 Å². The Kier molecular flexibility index (Phi) is 5.73. The van der Waals surface area contributed by atoms with Gasteiger partial charge in [0.15, 0.2) is 0 Å². The van der Waals surface area contributed by atoms with E-state index in [0.29, 0.717) is 0 Å². The highest BCUT2D eigenvalue weighted by atomic mass is 79.9. The van der Waals surface area contributed by atoms with E-state index in [-0.39, 0.29) is 22.6 Å². The molecule has 1 unspecified atom stereocenters. The van der Waals surface area contributed by atoms with Gasteiger partial charge in [0, 0.05) is 12.6 Å². The number of hydrogen-bond acceptors (Lipinski definition) is 4. The zero-order valence-corrected chi connectivity index (χ0v) is 15.3. The van der Waals surface area contributed by atoms with E-state index in [9.17, 15) is 12.8 Å². The molecule has 0 spiro atoms. The summed E-state index contributed by atoms with van der Waals surface area (Å²) in [4.78, 5) is 1.85. The summed E-state index contributed by atoms with van der Waals surface area (Å²) in [5.41, 5.74) is 0.722. The van der Waals surface area contributed by atoms with Crippen molar-refractivity contribution in [3.05, 3.63) is 51.6 Å². The van der Waals surface area contributed by atoms with E-state index in [1.807, 2.05) is 19.0 Å². The number of sulfonamides is 1. The molecule has 0 radical (unpaired) electrons. The van der Waals surface area contributed by atoms with Crippen LogP contribution in [0.4, 0.5) is 4.39 Å². The summed E-state index contributed by atoms with van der Waals surface area (Å²) < 4.78 is 41.5. The first-order chi connectivity index (χ1) is 10.3. The van der Waals surface area contributed by atoms with Crippen LogP contribution in [0, 0.1) is 5.82 Å².